The molecule has 2 aromatic carbocycles. The van der Waals surface area contributed by atoms with Gasteiger partial charge in [0.2, 0.25) is 0 Å². The summed E-state index contributed by atoms with van der Waals surface area (Å²) in [5.41, 5.74) is 0.294. The van der Waals surface area contributed by atoms with E-state index in [1.807, 2.05) is 6.07 Å². The molecule has 0 saturated heterocycles. The number of nitro benzene ring substituents is 1. The molecule has 3 rings (SSSR count). The molecule has 9 heteroatoms. The summed E-state index contributed by atoms with van der Waals surface area (Å²) >= 11 is 0. The topological polar surface area (TPSA) is 109 Å². The van der Waals surface area contributed by atoms with Gasteiger partial charge in [-0.1, -0.05) is 18.2 Å². The average molecular weight is 382 g/mol. The minimum absolute atomic E-state index is 0.0442. The van der Waals surface area contributed by atoms with Gasteiger partial charge in [0.25, 0.3) is 11.6 Å². The van der Waals surface area contributed by atoms with Crippen LogP contribution in [0.4, 0.5) is 11.4 Å². The molecule has 1 aromatic heterocycles. The Balaban J connectivity index is 1.85. The number of hydrogen-bond acceptors (Lipinski definition) is 6. The van der Waals surface area contributed by atoms with Gasteiger partial charge in [0.15, 0.2) is 0 Å². The zero-order valence-electron chi connectivity index (χ0n) is 15.1. The summed E-state index contributed by atoms with van der Waals surface area (Å²) in [6.07, 6.45) is 3.13. The third-order valence-electron chi connectivity index (χ3n) is 3.81. The Kier molecular flexibility index (Phi) is 5.97. The lowest BCUT2D eigenvalue weighted by Gasteiger charge is -2.11. The van der Waals surface area contributed by atoms with E-state index in [2.05, 4.69) is 10.4 Å². The van der Waals surface area contributed by atoms with Crippen LogP contribution < -0.4 is 10.1 Å². The van der Waals surface area contributed by atoms with E-state index in [1.165, 1.54) is 24.4 Å². The number of methoxy groups -OCH3 is 1. The minimum atomic E-state index is -0.564. The van der Waals surface area contributed by atoms with Crippen molar-refractivity contribution in [2.75, 3.05) is 19.0 Å². The van der Waals surface area contributed by atoms with Crippen molar-refractivity contribution < 1.29 is 19.2 Å². The molecule has 0 bridgehead atoms. The van der Waals surface area contributed by atoms with Crippen LogP contribution in [0.25, 0.3) is 0 Å². The van der Waals surface area contributed by atoms with Crippen LogP contribution in [0.15, 0.2) is 60.9 Å². The van der Waals surface area contributed by atoms with Crippen LogP contribution in [0.1, 0.15) is 10.4 Å². The number of nitro groups is 1. The molecule has 1 amide bonds. The SMILES string of the molecule is COCCn1cc(NC(=O)c2cc([N+](=O)[O-])ccc2Oc2ccccc2)cn1. The number of para-hydroxylation sites is 1. The highest BCUT2D eigenvalue weighted by atomic mass is 16.6. The van der Waals surface area contributed by atoms with Gasteiger partial charge >= 0.3 is 0 Å². The van der Waals surface area contributed by atoms with Gasteiger partial charge in [-0.3, -0.25) is 19.6 Å². The van der Waals surface area contributed by atoms with Gasteiger partial charge in [0.05, 0.1) is 35.5 Å². The molecule has 0 aliphatic carbocycles. The molecule has 9 nitrogen and oxygen atoms in total. The summed E-state index contributed by atoms with van der Waals surface area (Å²) in [6.45, 7) is 1.01. The van der Waals surface area contributed by atoms with Gasteiger partial charge in [0, 0.05) is 25.4 Å². The summed E-state index contributed by atoms with van der Waals surface area (Å²) in [6, 6.07) is 12.7. The second-order valence-electron chi connectivity index (χ2n) is 5.79. The molecule has 1 N–H and O–H groups in total. The van der Waals surface area contributed by atoms with Gasteiger partial charge in [0.1, 0.15) is 11.5 Å². The maximum Gasteiger partial charge on any atom is 0.270 e. The van der Waals surface area contributed by atoms with Crippen molar-refractivity contribution >= 4 is 17.3 Å². The maximum absolute atomic E-state index is 12.7. The van der Waals surface area contributed by atoms with E-state index < -0.39 is 10.8 Å². The second-order valence-corrected chi connectivity index (χ2v) is 5.79. The molecule has 0 radical (unpaired) electrons. The number of nitrogens with zero attached hydrogens (tertiary/aromatic N) is 3. The van der Waals surface area contributed by atoms with Crippen molar-refractivity contribution in [1.29, 1.82) is 0 Å². The number of anilines is 1. The maximum atomic E-state index is 12.7. The molecule has 3 aromatic rings. The smallest absolute Gasteiger partial charge is 0.270 e. The first-order valence-corrected chi connectivity index (χ1v) is 8.41. The number of benzene rings is 2. The molecule has 0 atom stereocenters. The summed E-state index contributed by atoms with van der Waals surface area (Å²) < 4.78 is 12.3. The van der Waals surface area contributed by atoms with Crippen LogP contribution in [-0.4, -0.2) is 34.3 Å². The van der Waals surface area contributed by atoms with Gasteiger partial charge in [-0.25, -0.2) is 0 Å². The van der Waals surface area contributed by atoms with Crippen LogP contribution >= 0.6 is 0 Å². The zero-order chi connectivity index (χ0) is 19.9. The highest BCUT2D eigenvalue weighted by molar-refractivity contribution is 6.06. The molecule has 28 heavy (non-hydrogen) atoms. The lowest BCUT2D eigenvalue weighted by Crippen LogP contribution is -2.13. The lowest BCUT2D eigenvalue weighted by molar-refractivity contribution is -0.384. The Morgan fingerprint density at radius 3 is 2.75 bits per heavy atom. The number of carbonyl (C=O) groups excluding carboxylic acids is 1. The van der Waals surface area contributed by atoms with E-state index in [9.17, 15) is 14.9 Å². The van der Waals surface area contributed by atoms with Crippen molar-refractivity contribution in [2.24, 2.45) is 0 Å². The van der Waals surface area contributed by atoms with E-state index in [-0.39, 0.29) is 17.0 Å². The number of hydrogen-bond donors (Lipinski definition) is 1. The number of non-ortho nitro benzene ring substituents is 1. The Bertz CT molecular complexity index is 971. The molecular formula is C19H18N4O5. The van der Waals surface area contributed by atoms with E-state index in [4.69, 9.17) is 9.47 Å². The molecule has 0 spiro atoms. The van der Waals surface area contributed by atoms with Crippen molar-refractivity contribution in [1.82, 2.24) is 9.78 Å². The number of rotatable bonds is 8. The number of nitrogens with one attached hydrogen (secondary N) is 1. The second kappa shape index (κ2) is 8.78. The minimum Gasteiger partial charge on any atom is -0.457 e. The lowest BCUT2D eigenvalue weighted by atomic mass is 10.1. The molecule has 0 fully saturated rings. The summed E-state index contributed by atoms with van der Waals surface area (Å²) in [7, 11) is 1.59. The Morgan fingerprint density at radius 1 is 1.25 bits per heavy atom. The van der Waals surface area contributed by atoms with Crippen LogP contribution in [0.3, 0.4) is 0 Å². The van der Waals surface area contributed by atoms with Crippen molar-refractivity contribution in [2.45, 2.75) is 6.54 Å². The fourth-order valence-electron chi connectivity index (χ4n) is 2.45. The van der Waals surface area contributed by atoms with Crippen LogP contribution in [0, 0.1) is 10.1 Å². The van der Waals surface area contributed by atoms with Gasteiger partial charge in [-0.15, -0.1) is 0 Å². The van der Waals surface area contributed by atoms with Crippen LogP contribution in [-0.2, 0) is 11.3 Å². The fourth-order valence-corrected chi connectivity index (χ4v) is 2.45. The predicted octanol–water partition coefficient (Wildman–Crippen LogP) is 3.48. The Hall–Kier alpha value is -3.72. The zero-order valence-corrected chi connectivity index (χ0v) is 15.1. The van der Waals surface area contributed by atoms with E-state index >= 15 is 0 Å². The fraction of sp³-hybridized carbons (Fsp3) is 0.158. The van der Waals surface area contributed by atoms with Gasteiger partial charge < -0.3 is 14.8 Å². The molecule has 0 aliphatic heterocycles. The molecule has 0 unspecified atom stereocenters. The first-order valence-electron chi connectivity index (χ1n) is 8.41. The number of aromatic nitrogens is 2. The number of carbonyl (C=O) groups is 1. The molecule has 0 saturated carbocycles. The third-order valence-corrected chi connectivity index (χ3v) is 3.81. The Morgan fingerprint density at radius 2 is 2.04 bits per heavy atom. The Labute approximate surface area is 160 Å². The predicted molar refractivity (Wildman–Crippen MR) is 102 cm³/mol. The quantitative estimate of drug-likeness (QED) is 0.472. The summed E-state index contributed by atoms with van der Waals surface area (Å²) in [5.74, 6) is 0.180. The van der Waals surface area contributed by atoms with Crippen molar-refractivity contribution in [3.63, 3.8) is 0 Å². The molecule has 0 aliphatic rings. The molecular weight excluding hydrogens is 364 g/mol. The first kappa shape index (κ1) is 19.1. The molecule has 144 valence electrons. The van der Waals surface area contributed by atoms with Crippen LogP contribution in [0.2, 0.25) is 0 Å². The standard InChI is InChI=1S/C19H18N4O5/c1-27-10-9-22-13-14(12-20-22)21-19(24)17-11-15(23(25)26)7-8-18(17)28-16-5-3-2-4-6-16/h2-8,11-13H,9-10H2,1H3,(H,21,24). The van der Waals surface area contributed by atoms with Gasteiger partial charge in [-0.2, -0.15) is 5.10 Å². The van der Waals surface area contributed by atoms with Crippen molar-refractivity contribution in [3.8, 4) is 11.5 Å². The highest BCUT2D eigenvalue weighted by Crippen LogP contribution is 2.29. The van der Waals surface area contributed by atoms with Crippen molar-refractivity contribution in [3.05, 3.63) is 76.6 Å². The van der Waals surface area contributed by atoms with E-state index in [1.54, 1.807) is 42.3 Å². The van der Waals surface area contributed by atoms with Gasteiger partial charge in [-0.05, 0) is 18.2 Å². The summed E-state index contributed by atoms with van der Waals surface area (Å²) in [5, 5.41) is 17.9. The normalized spacial score (nSPS) is 10.5. The number of amides is 1. The highest BCUT2D eigenvalue weighted by Gasteiger charge is 2.19. The summed E-state index contributed by atoms with van der Waals surface area (Å²) in [4.78, 5) is 23.3. The number of ether oxygens (including phenoxy) is 2. The first-order chi connectivity index (χ1) is 13.6. The van der Waals surface area contributed by atoms with E-state index in [0.29, 0.717) is 24.6 Å². The average Bonchev–Trinajstić information content (AvgIpc) is 3.14. The monoisotopic (exact) mass is 382 g/mol. The third kappa shape index (κ3) is 4.71. The van der Waals surface area contributed by atoms with E-state index in [0.717, 1.165) is 0 Å². The molecule has 1 heterocycles. The largest absolute Gasteiger partial charge is 0.457 e. The van der Waals surface area contributed by atoms with Crippen LogP contribution in [0.5, 0.6) is 11.5 Å².